The van der Waals surface area contributed by atoms with Crippen molar-refractivity contribution in [2.45, 2.75) is 26.7 Å². The van der Waals surface area contributed by atoms with Gasteiger partial charge in [0, 0.05) is 12.1 Å². The smallest absolute Gasteiger partial charge is 0.155 e. The number of hydrogen-bond donors (Lipinski definition) is 0. The standard InChI is InChI=1S/C10H13N3/c1-7(2)10-11-9-6-8(3)4-5-13(9)12-10/h4-7H,1-3H3. The molecule has 2 aromatic rings. The van der Waals surface area contributed by atoms with E-state index in [4.69, 9.17) is 0 Å². The first-order chi connectivity index (χ1) is 6.16. The van der Waals surface area contributed by atoms with Crippen molar-refractivity contribution in [2.24, 2.45) is 0 Å². The fourth-order valence-corrected chi connectivity index (χ4v) is 1.25. The fourth-order valence-electron chi connectivity index (χ4n) is 1.25. The molecule has 0 saturated carbocycles. The average Bonchev–Trinajstić information content (AvgIpc) is 2.46. The molecule has 2 heterocycles. The van der Waals surface area contributed by atoms with Gasteiger partial charge in [-0.05, 0) is 24.6 Å². The Morgan fingerprint density at radius 2 is 2.15 bits per heavy atom. The van der Waals surface area contributed by atoms with Gasteiger partial charge in [0.15, 0.2) is 11.5 Å². The lowest BCUT2D eigenvalue weighted by molar-refractivity contribution is 0.765. The lowest BCUT2D eigenvalue weighted by Gasteiger charge is -1.92. The van der Waals surface area contributed by atoms with Gasteiger partial charge in [-0.15, -0.1) is 0 Å². The second kappa shape index (κ2) is 2.83. The van der Waals surface area contributed by atoms with Crippen molar-refractivity contribution in [3.05, 3.63) is 29.7 Å². The van der Waals surface area contributed by atoms with Crippen LogP contribution in [0.25, 0.3) is 5.65 Å². The molecule has 0 saturated heterocycles. The maximum Gasteiger partial charge on any atom is 0.155 e. The summed E-state index contributed by atoms with van der Waals surface area (Å²) in [6, 6.07) is 4.07. The molecule has 0 aliphatic carbocycles. The van der Waals surface area contributed by atoms with Crippen LogP contribution >= 0.6 is 0 Å². The first-order valence-corrected chi connectivity index (χ1v) is 4.50. The average molecular weight is 175 g/mol. The summed E-state index contributed by atoms with van der Waals surface area (Å²) in [6.45, 7) is 6.26. The van der Waals surface area contributed by atoms with E-state index < -0.39 is 0 Å². The highest BCUT2D eigenvalue weighted by molar-refractivity contribution is 5.40. The van der Waals surface area contributed by atoms with Gasteiger partial charge in [-0.25, -0.2) is 9.50 Å². The second-order valence-electron chi connectivity index (χ2n) is 3.63. The molecule has 0 spiro atoms. The van der Waals surface area contributed by atoms with Crippen LogP contribution in [0.3, 0.4) is 0 Å². The predicted octanol–water partition coefficient (Wildman–Crippen LogP) is 2.16. The molecule has 68 valence electrons. The van der Waals surface area contributed by atoms with E-state index in [-0.39, 0.29) is 0 Å². The molecule has 3 heteroatoms. The highest BCUT2D eigenvalue weighted by Crippen LogP contribution is 2.11. The second-order valence-corrected chi connectivity index (χ2v) is 3.63. The Balaban J connectivity index is 2.62. The molecule has 13 heavy (non-hydrogen) atoms. The van der Waals surface area contributed by atoms with Crippen molar-refractivity contribution in [1.82, 2.24) is 14.6 Å². The number of aromatic nitrogens is 3. The summed E-state index contributed by atoms with van der Waals surface area (Å²) < 4.78 is 1.82. The van der Waals surface area contributed by atoms with E-state index in [2.05, 4.69) is 30.9 Å². The van der Waals surface area contributed by atoms with Crippen LogP contribution in [-0.2, 0) is 0 Å². The third-order valence-electron chi connectivity index (χ3n) is 2.03. The SMILES string of the molecule is Cc1ccn2nc(C(C)C)nc2c1. The zero-order valence-corrected chi connectivity index (χ0v) is 8.15. The van der Waals surface area contributed by atoms with Gasteiger partial charge >= 0.3 is 0 Å². The van der Waals surface area contributed by atoms with Gasteiger partial charge < -0.3 is 0 Å². The summed E-state index contributed by atoms with van der Waals surface area (Å²) in [4.78, 5) is 4.42. The monoisotopic (exact) mass is 175 g/mol. The van der Waals surface area contributed by atoms with Gasteiger partial charge in [-0.3, -0.25) is 0 Å². The number of aryl methyl sites for hydroxylation is 1. The van der Waals surface area contributed by atoms with E-state index >= 15 is 0 Å². The third kappa shape index (κ3) is 1.41. The molecule has 0 aliphatic rings. The van der Waals surface area contributed by atoms with Crippen LogP contribution in [0, 0.1) is 6.92 Å². The summed E-state index contributed by atoms with van der Waals surface area (Å²) in [6.07, 6.45) is 1.95. The Morgan fingerprint density at radius 3 is 2.85 bits per heavy atom. The first kappa shape index (κ1) is 8.23. The molecule has 0 aliphatic heterocycles. The minimum absolute atomic E-state index is 0.389. The van der Waals surface area contributed by atoms with Gasteiger partial charge in [-0.2, -0.15) is 5.10 Å². The maximum atomic E-state index is 4.42. The van der Waals surface area contributed by atoms with Crippen molar-refractivity contribution in [3.63, 3.8) is 0 Å². The van der Waals surface area contributed by atoms with E-state index in [1.54, 1.807) is 0 Å². The number of pyridine rings is 1. The Kier molecular flexibility index (Phi) is 1.79. The van der Waals surface area contributed by atoms with Crippen molar-refractivity contribution < 1.29 is 0 Å². The molecule has 2 rings (SSSR count). The van der Waals surface area contributed by atoms with Crippen LogP contribution in [0.2, 0.25) is 0 Å². The fraction of sp³-hybridized carbons (Fsp3) is 0.400. The summed E-state index contributed by atoms with van der Waals surface area (Å²) in [5, 5.41) is 4.36. The topological polar surface area (TPSA) is 30.2 Å². The van der Waals surface area contributed by atoms with E-state index in [0.29, 0.717) is 5.92 Å². The Hall–Kier alpha value is -1.38. The van der Waals surface area contributed by atoms with Gasteiger partial charge in [-0.1, -0.05) is 13.8 Å². The van der Waals surface area contributed by atoms with Crippen LogP contribution in [0.4, 0.5) is 0 Å². The van der Waals surface area contributed by atoms with Crippen LogP contribution in [0.15, 0.2) is 18.3 Å². The van der Waals surface area contributed by atoms with Gasteiger partial charge in [0.2, 0.25) is 0 Å². The summed E-state index contributed by atoms with van der Waals surface area (Å²) >= 11 is 0. The normalized spacial score (nSPS) is 11.4. The van der Waals surface area contributed by atoms with Crippen molar-refractivity contribution in [1.29, 1.82) is 0 Å². The molecule has 0 fully saturated rings. The predicted molar refractivity (Wildman–Crippen MR) is 51.8 cm³/mol. The number of nitrogens with zero attached hydrogens (tertiary/aromatic N) is 3. The van der Waals surface area contributed by atoms with Gasteiger partial charge in [0.1, 0.15) is 0 Å². The van der Waals surface area contributed by atoms with Crippen LogP contribution in [-0.4, -0.2) is 14.6 Å². The van der Waals surface area contributed by atoms with E-state index in [1.165, 1.54) is 5.56 Å². The van der Waals surface area contributed by atoms with Crippen LogP contribution in [0.5, 0.6) is 0 Å². The zero-order valence-electron chi connectivity index (χ0n) is 8.15. The molecule has 0 radical (unpaired) electrons. The zero-order chi connectivity index (χ0) is 9.42. The molecule has 0 amide bonds. The van der Waals surface area contributed by atoms with Crippen molar-refractivity contribution in [3.8, 4) is 0 Å². The molecular formula is C10H13N3. The molecule has 0 unspecified atom stereocenters. The maximum absolute atomic E-state index is 4.42. The van der Waals surface area contributed by atoms with Gasteiger partial charge in [0.25, 0.3) is 0 Å². The molecule has 0 bridgehead atoms. The Morgan fingerprint density at radius 1 is 1.38 bits per heavy atom. The molecule has 0 aromatic carbocycles. The van der Waals surface area contributed by atoms with Crippen LogP contribution in [0.1, 0.15) is 31.2 Å². The minimum Gasteiger partial charge on any atom is -0.221 e. The number of hydrogen-bond acceptors (Lipinski definition) is 2. The highest BCUT2D eigenvalue weighted by atomic mass is 15.3. The Bertz CT molecular complexity index is 429. The van der Waals surface area contributed by atoms with E-state index in [0.717, 1.165) is 11.5 Å². The third-order valence-corrected chi connectivity index (χ3v) is 2.03. The number of rotatable bonds is 1. The minimum atomic E-state index is 0.389. The van der Waals surface area contributed by atoms with E-state index in [9.17, 15) is 0 Å². The highest BCUT2D eigenvalue weighted by Gasteiger charge is 2.06. The molecule has 0 atom stereocenters. The number of fused-ring (bicyclic) bond motifs is 1. The quantitative estimate of drug-likeness (QED) is 0.664. The molecule has 0 N–H and O–H groups in total. The molecular weight excluding hydrogens is 162 g/mol. The lowest BCUT2D eigenvalue weighted by Crippen LogP contribution is -1.91. The first-order valence-electron chi connectivity index (χ1n) is 4.50. The Labute approximate surface area is 77.4 Å². The summed E-state index contributed by atoms with van der Waals surface area (Å²) in [7, 11) is 0. The molecule has 2 aromatic heterocycles. The van der Waals surface area contributed by atoms with Crippen LogP contribution < -0.4 is 0 Å². The summed E-state index contributed by atoms with van der Waals surface area (Å²) in [5.41, 5.74) is 2.15. The van der Waals surface area contributed by atoms with Crippen molar-refractivity contribution >= 4 is 5.65 Å². The van der Waals surface area contributed by atoms with E-state index in [1.807, 2.05) is 22.8 Å². The largest absolute Gasteiger partial charge is 0.221 e. The van der Waals surface area contributed by atoms with Gasteiger partial charge in [0.05, 0.1) is 0 Å². The van der Waals surface area contributed by atoms with Crippen molar-refractivity contribution in [2.75, 3.05) is 0 Å². The lowest BCUT2D eigenvalue weighted by atomic mass is 10.2. The molecule has 3 nitrogen and oxygen atoms in total. The summed E-state index contributed by atoms with van der Waals surface area (Å²) in [5.74, 6) is 1.30.